The van der Waals surface area contributed by atoms with Crippen molar-refractivity contribution in [3.8, 4) is 0 Å². The number of ether oxygens (including phenoxy) is 1. The second kappa shape index (κ2) is 18.0. The number of anilines is 3. The van der Waals surface area contributed by atoms with Crippen molar-refractivity contribution >= 4 is 51.1 Å². The van der Waals surface area contributed by atoms with E-state index in [1.165, 1.54) is 19.4 Å². The lowest BCUT2D eigenvalue weighted by molar-refractivity contribution is -0.191. The largest absolute Gasteiger partial charge is 0.477 e. The lowest BCUT2D eigenvalue weighted by Gasteiger charge is -2.11. The van der Waals surface area contributed by atoms with Gasteiger partial charge in [0.1, 0.15) is 16.0 Å². The van der Waals surface area contributed by atoms with Gasteiger partial charge in [0.2, 0.25) is 0 Å². The van der Waals surface area contributed by atoms with E-state index < -0.39 is 11.9 Å². The van der Waals surface area contributed by atoms with Gasteiger partial charge in [-0.15, -0.1) is 0 Å². The highest BCUT2D eigenvalue weighted by atomic mass is 79.9. The molecule has 3 heterocycles. The smallest absolute Gasteiger partial charge is 0.373 e. The van der Waals surface area contributed by atoms with Gasteiger partial charge in [-0.05, 0) is 52.3 Å². The lowest BCUT2D eigenvalue weighted by Crippen LogP contribution is -2.10. The molecule has 12 nitrogen and oxygen atoms in total. The Bertz CT molecular complexity index is 1150. The quantitative estimate of drug-likeness (QED) is 0.344. The second-order valence-corrected chi connectivity index (χ2v) is 8.52. The number of carbonyl (C=O) groups excluding carboxylic acids is 3. The minimum Gasteiger partial charge on any atom is -0.477 e. The Morgan fingerprint density at radius 3 is 1.37 bits per heavy atom. The first-order valence-electron chi connectivity index (χ1n) is 10.7. The molecule has 3 aromatic heterocycles. The predicted octanol–water partition coefficient (Wildman–Crippen LogP) is 3.11. The minimum atomic E-state index is -1.000. The molecule has 0 amide bonds. The number of hydrogen-bond acceptors (Lipinski definition) is 11. The van der Waals surface area contributed by atoms with Crippen LogP contribution >= 0.6 is 15.9 Å². The van der Waals surface area contributed by atoms with Crippen molar-refractivity contribution in [2.45, 2.75) is 0 Å². The molecule has 0 fully saturated rings. The number of carbonyl (C=O) groups is 2. The molecule has 0 spiro atoms. The van der Waals surface area contributed by atoms with Gasteiger partial charge >= 0.3 is 18.1 Å². The van der Waals surface area contributed by atoms with Crippen LogP contribution in [0, 0.1) is 0 Å². The third-order valence-electron chi connectivity index (χ3n) is 4.37. The highest BCUT2D eigenvalue weighted by Crippen LogP contribution is 2.12. The molecular weight excluding hydrogens is 560 g/mol. The van der Waals surface area contributed by atoms with Crippen LogP contribution < -0.4 is 14.7 Å². The number of nitrogens with zero attached hydrogens (tertiary/aromatic N) is 6. The molecule has 0 unspecified atom stereocenters. The normalized spacial score (nSPS) is 8.95. The number of carboxylic acid groups (broad SMARTS) is 1. The predicted molar refractivity (Wildman–Crippen MR) is 147 cm³/mol. The van der Waals surface area contributed by atoms with Crippen LogP contribution in [0.5, 0.6) is 0 Å². The molecule has 0 bridgehead atoms. The van der Waals surface area contributed by atoms with E-state index in [2.05, 4.69) is 35.6 Å². The number of halogens is 1. The Labute approximate surface area is 230 Å². The molecule has 38 heavy (non-hydrogen) atoms. The Morgan fingerprint density at radius 1 is 0.737 bits per heavy atom. The maximum absolute atomic E-state index is 11.0. The fraction of sp³-hybridized carbons (Fsp3) is 0.280. The Kier molecular flexibility index (Phi) is 15.9. The minimum absolute atomic E-state index is 0.0700. The van der Waals surface area contributed by atoms with Crippen LogP contribution in [-0.4, -0.2) is 87.5 Å². The SMILES string of the molecule is CN(C)c1ccc(Br)nc1.CN(C)c1ccc(C(=O)O)nc1.COC(=O)c1ccc(N(C)C)cn1.O=C=O. The molecule has 0 aliphatic rings. The fourth-order valence-corrected chi connectivity index (χ4v) is 2.52. The first kappa shape index (κ1) is 33.7. The van der Waals surface area contributed by atoms with Gasteiger partial charge in [-0.25, -0.2) is 24.5 Å². The third kappa shape index (κ3) is 13.1. The molecule has 3 aromatic rings. The summed E-state index contributed by atoms with van der Waals surface area (Å²) in [6.07, 6.45) is 5.24. The summed E-state index contributed by atoms with van der Waals surface area (Å²) in [5.41, 5.74) is 3.35. The average molecular weight is 591 g/mol. The van der Waals surface area contributed by atoms with Crippen LogP contribution in [0.3, 0.4) is 0 Å². The van der Waals surface area contributed by atoms with Crippen molar-refractivity contribution in [1.82, 2.24) is 15.0 Å². The molecule has 0 atom stereocenters. The van der Waals surface area contributed by atoms with Gasteiger partial charge < -0.3 is 24.5 Å². The Hall–Kier alpha value is -4.35. The van der Waals surface area contributed by atoms with E-state index in [0.29, 0.717) is 5.69 Å². The van der Waals surface area contributed by atoms with Gasteiger partial charge in [-0.3, -0.25) is 0 Å². The zero-order chi connectivity index (χ0) is 29.3. The van der Waals surface area contributed by atoms with Crippen molar-refractivity contribution in [2.75, 3.05) is 64.1 Å². The number of esters is 1. The maximum atomic E-state index is 11.0. The van der Waals surface area contributed by atoms with Crippen LogP contribution in [0.1, 0.15) is 21.0 Å². The van der Waals surface area contributed by atoms with Gasteiger partial charge in [0.05, 0.1) is 42.8 Å². The van der Waals surface area contributed by atoms with Crippen LogP contribution in [0.2, 0.25) is 0 Å². The van der Waals surface area contributed by atoms with Gasteiger partial charge in [0.25, 0.3) is 0 Å². The van der Waals surface area contributed by atoms with E-state index in [0.717, 1.165) is 21.7 Å². The summed E-state index contributed by atoms with van der Waals surface area (Å²) < 4.78 is 5.39. The number of rotatable bonds is 5. The van der Waals surface area contributed by atoms with Crippen molar-refractivity contribution in [3.05, 3.63) is 71.0 Å². The number of methoxy groups -OCH3 is 1. The Morgan fingerprint density at radius 2 is 1.11 bits per heavy atom. The molecule has 204 valence electrons. The number of pyridine rings is 3. The van der Waals surface area contributed by atoms with Crippen molar-refractivity contribution in [3.63, 3.8) is 0 Å². The summed E-state index contributed by atoms with van der Waals surface area (Å²) in [6.45, 7) is 0. The molecule has 0 aromatic carbocycles. The van der Waals surface area contributed by atoms with Gasteiger partial charge in [0.15, 0.2) is 0 Å². The third-order valence-corrected chi connectivity index (χ3v) is 4.84. The molecule has 0 aliphatic carbocycles. The summed E-state index contributed by atoms with van der Waals surface area (Å²) in [4.78, 5) is 55.2. The lowest BCUT2D eigenvalue weighted by atomic mass is 10.3. The van der Waals surface area contributed by atoms with Crippen LogP contribution in [0.25, 0.3) is 0 Å². The van der Waals surface area contributed by atoms with E-state index in [1.54, 1.807) is 18.3 Å². The van der Waals surface area contributed by atoms with Crippen molar-refractivity contribution in [2.24, 2.45) is 0 Å². The number of aromatic carboxylic acids is 1. The maximum Gasteiger partial charge on any atom is 0.373 e. The highest BCUT2D eigenvalue weighted by Gasteiger charge is 2.06. The van der Waals surface area contributed by atoms with Gasteiger partial charge in [-0.1, -0.05) is 0 Å². The summed E-state index contributed by atoms with van der Waals surface area (Å²) >= 11 is 3.26. The summed E-state index contributed by atoms with van der Waals surface area (Å²) in [6, 6.07) is 10.6. The molecule has 0 saturated heterocycles. The van der Waals surface area contributed by atoms with Crippen LogP contribution in [0.4, 0.5) is 17.1 Å². The molecule has 0 aliphatic heterocycles. The number of hydrogen-bond donors (Lipinski definition) is 1. The molecule has 3 rings (SSSR count). The van der Waals surface area contributed by atoms with Crippen LogP contribution in [-0.2, 0) is 14.3 Å². The number of carboxylic acids is 1. The highest BCUT2D eigenvalue weighted by molar-refractivity contribution is 9.10. The van der Waals surface area contributed by atoms with Crippen molar-refractivity contribution < 1.29 is 29.0 Å². The summed E-state index contributed by atoms with van der Waals surface area (Å²) in [5.74, 6) is -1.41. The summed E-state index contributed by atoms with van der Waals surface area (Å²) in [7, 11) is 12.9. The number of aromatic nitrogens is 3. The van der Waals surface area contributed by atoms with E-state index in [1.807, 2.05) is 81.4 Å². The zero-order valence-electron chi connectivity index (χ0n) is 22.2. The van der Waals surface area contributed by atoms with Crippen LogP contribution in [0.15, 0.2) is 59.6 Å². The van der Waals surface area contributed by atoms with E-state index >= 15 is 0 Å². The Balaban J connectivity index is 0.000000516. The second-order valence-electron chi connectivity index (χ2n) is 7.71. The van der Waals surface area contributed by atoms with E-state index in [-0.39, 0.29) is 11.8 Å². The molecule has 0 saturated carbocycles. The fourth-order valence-electron chi connectivity index (χ4n) is 2.29. The van der Waals surface area contributed by atoms with Crippen molar-refractivity contribution in [1.29, 1.82) is 0 Å². The standard InChI is InChI=1S/C9H12N2O2.C8H10N2O2.C7H9BrN2.CO2/c1-11(2)7-4-5-8(10-6-7)9(12)13-3;1-10(2)6-3-4-7(8(11)12)9-5-6;1-10(2)6-3-4-7(8)9-5-6;2-1-3/h4-6H,1-3H3;3-5H,1-2H3,(H,11,12);3-5H,1-2H3;. The average Bonchev–Trinajstić information content (AvgIpc) is 2.89. The van der Waals surface area contributed by atoms with Gasteiger partial charge in [-0.2, -0.15) is 9.59 Å². The molecular formula is C25H31BrN6O6. The van der Waals surface area contributed by atoms with Gasteiger partial charge in [0, 0.05) is 42.3 Å². The summed E-state index contributed by atoms with van der Waals surface area (Å²) in [5, 5.41) is 8.54. The van der Waals surface area contributed by atoms with E-state index in [9.17, 15) is 9.59 Å². The monoisotopic (exact) mass is 590 g/mol. The van der Waals surface area contributed by atoms with E-state index in [4.69, 9.17) is 14.7 Å². The molecule has 1 N–H and O–H groups in total. The zero-order valence-corrected chi connectivity index (χ0v) is 23.8. The first-order valence-corrected chi connectivity index (χ1v) is 11.5. The first-order chi connectivity index (χ1) is 17.9. The topological polar surface area (TPSA) is 146 Å². The molecule has 13 heteroatoms. The molecule has 0 radical (unpaired) electrons.